The molecule has 0 unspecified atom stereocenters. The fourth-order valence-corrected chi connectivity index (χ4v) is 2.94. The molecule has 0 saturated heterocycles. The monoisotopic (exact) mass is 292 g/mol. The maximum atomic E-state index is 10.2. The molecular formula is C19H20N2O. The summed E-state index contributed by atoms with van der Waals surface area (Å²) in [6.45, 7) is 7.06. The van der Waals surface area contributed by atoms with Crippen molar-refractivity contribution in [3.63, 3.8) is 0 Å². The molecule has 112 valence electrons. The minimum atomic E-state index is 0.253. The SMILES string of the molecule is Cc1cc(C)c(CNc2cc3ccncc3cc2O)c(C)c1. The van der Waals surface area contributed by atoms with Crippen LogP contribution in [-0.2, 0) is 6.54 Å². The maximum absolute atomic E-state index is 10.2. The smallest absolute Gasteiger partial charge is 0.139 e. The second-order valence-electron chi connectivity index (χ2n) is 5.82. The normalized spacial score (nSPS) is 10.9. The number of benzene rings is 2. The van der Waals surface area contributed by atoms with Gasteiger partial charge in [0.25, 0.3) is 0 Å². The Bertz CT molecular complexity index is 817. The van der Waals surface area contributed by atoms with Crippen LogP contribution >= 0.6 is 0 Å². The minimum absolute atomic E-state index is 0.253. The summed E-state index contributed by atoms with van der Waals surface area (Å²) in [5.41, 5.74) is 5.85. The highest BCUT2D eigenvalue weighted by atomic mass is 16.3. The molecule has 3 nitrogen and oxygen atoms in total. The Hall–Kier alpha value is -2.55. The van der Waals surface area contributed by atoms with Crippen molar-refractivity contribution in [2.75, 3.05) is 5.32 Å². The van der Waals surface area contributed by atoms with Gasteiger partial charge in [0.2, 0.25) is 0 Å². The van der Waals surface area contributed by atoms with Crippen molar-refractivity contribution in [3.05, 3.63) is 65.0 Å². The molecule has 0 spiro atoms. The van der Waals surface area contributed by atoms with Crippen molar-refractivity contribution in [1.82, 2.24) is 4.98 Å². The second-order valence-corrected chi connectivity index (χ2v) is 5.82. The Kier molecular flexibility index (Phi) is 3.72. The van der Waals surface area contributed by atoms with Gasteiger partial charge >= 0.3 is 0 Å². The first kappa shape index (κ1) is 14.4. The first-order valence-electron chi connectivity index (χ1n) is 7.42. The van der Waals surface area contributed by atoms with Crippen molar-refractivity contribution in [3.8, 4) is 5.75 Å². The Morgan fingerprint density at radius 3 is 2.45 bits per heavy atom. The van der Waals surface area contributed by atoms with E-state index in [9.17, 15) is 5.11 Å². The van der Waals surface area contributed by atoms with Crippen molar-refractivity contribution in [2.45, 2.75) is 27.3 Å². The average molecular weight is 292 g/mol. The number of nitrogens with zero attached hydrogens (tertiary/aromatic N) is 1. The molecule has 0 saturated carbocycles. The number of anilines is 1. The molecule has 0 aliphatic rings. The average Bonchev–Trinajstić information content (AvgIpc) is 2.46. The number of fused-ring (bicyclic) bond motifs is 1. The summed E-state index contributed by atoms with van der Waals surface area (Å²) in [4.78, 5) is 4.08. The number of phenols is 1. The number of pyridine rings is 1. The number of hydrogen-bond acceptors (Lipinski definition) is 3. The van der Waals surface area contributed by atoms with E-state index in [1.165, 1.54) is 22.3 Å². The van der Waals surface area contributed by atoms with Crippen molar-refractivity contribution in [1.29, 1.82) is 0 Å². The molecule has 3 heteroatoms. The van der Waals surface area contributed by atoms with E-state index in [-0.39, 0.29) is 5.75 Å². The van der Waals surface area contributed by atoms with Gasteiger partial charge in [0.05, 0.1) is 5.69 Å². The minimum Gasteiger partial charge on any atom is -0.506 e. The zero-order valence-corrected chi connectivity index (χ0v) is 13.1. The number of rotatable bonds is 3. The van der Waals surface area contributed by atoms with Gasteiger partial charge in [0.15, 0.2) is 0 Å². The van der Waals surface area contributed by atoms with Gasteiger partial charge in [-0.2, -0.15) is 0 Å². The zero-order chi connectivity index (χ0) is 15.7. The molecule has 3 aromatic rings. The Morgan fingerprint density at radius 2 is 1.73 bits per heavy atom. The molecule has 1 heterocycles. The number of hydrogen-bond donors (Lipinski definition) is 2. The molecule has 0 aliphatic heterocycles. The standard InChI is InChI=1S/C19H20N2O/c1-12-6-13(2)17(14(3)7-12)11-21-18-8-15-4-5-20-10-16(15)9-19(18)22/h4-10,21-22H,11H2,1-3H3. The molecule has 22 heavy (non-hydrogen) atoms. The molecule has 3 rings (SSSR count). The molecule has 0 radical (unpaired) electrons. The fourth-order valence-electron chi connectivity index (χ4n) is 2.94. The maximum Gasteiger partial charge on any atom is 0.139 e. The summed E-state index contributed by atoms with van der Waals surface area (Å²) in [7, 11) is 0. The fraction of sp³-hybridized carbons (Fsp3) is 0.211. The van der Waals surface area contributed by atoms with Crippen LogP contribution in [0.3, 0.4) is 0 Å². The zero-order valence-electron chi connectivity index (χ0n) is 13.1. The van der Waals surface area contributed by atoms with Gasteiger partial charge in [0, 0.05) is 24.3 Å². The first-order valence-corrected chi connectivity index (χ1v) is 7.42. The van der Waals surface area contributed by atoms with E-state index >= 15 is 0 Å². The molecular weight excluding hydrogens is 272 g/mol. The van der Waals surface area contributed by atoms with E-state index in [1.54, 1.807) is 18.5 Å². The summed E-state index contributed by atoms with van der Waals surface area (Å²) in [6, 6.07) is 10.0. The summed E-state index contributed by atoms with van der Waals surface area (Å²) < 4.78 is 0. The molecule has 2 N–H and O–H groups in total. The predicted octanol–water partition coefficient (Wildman–Crippen LogP) is 4.48. The molecule has 0 aliphatic carbocycles. The molecule has 2 aromatic carbocycles. The topological polar surface area (TPSA) is 45.2 Å². The Morgan fingerprint density at radius 1 is 1.00 bits per heavy atom. The van der Waals surface area contributed by atoms with Crippen LogP contribution in [0.2, 0.25) is 0 Å². The van der Waals surface area contributed by atoms with Gasteiger partial charge in [-0.05, 0) is 61.0 Å². The highest BCUT2D eigenvalue weighted by Gasteiger charge is 2.07. The predicted molar refractivity (Wildman–Crippen MR) is 91.4 cm³/mol. The number of aromatic hydroxyl groups is 1. The quantitative estimate of drug-likeness (QED) is 0.700. The van der Waals surface area contributed by atoms with E-state index < -0.39 is 0 Å². The van der Waals surface area contributed by atoms with Gasteiger partial charge in [-0.25, -0.2) is 0 Å². The van der Waals surface area contributed by atoms with Crippen LogP contribution < -0.4 is 5.32 Å². The summed E-state index contributed by atoms with van der Waals surface area (Å²) in [5, 5.41) is 15.5. The van der Waals surface area contributed by atoms with Gasteiger partial charge in [-0.15, -0.1) is 0 Å². The number of phenolic OH excluding ortho intramolecular Hbond substituents is 1. The Labute approximate surface area is 130 Å². The third kappa shape index (κ3) is 2.75. The lowest BCUT2D eigenvalue weighted by Gasteiger charge is -2.14. The highest BCUT2D eigenvalue weighted by molar-refractivity contribution is 5.87. The van der Waals surface area contributed by atoms with Crippen LogP contribution in [-0.4, -0.2) is 10.1 Å². The van der Waals surface area contributed by atoms with E-state index in [2.05, 4.69) is 43.2 Å². The van der Waals surface area contributed by atoms with Crippen LogP contribution in [0.1, 0.15) is 22.3 Å². The summed E-state index contributed by atoms with van der Waals surface area (Å²) in [5.74, 6) is 0.253. The molecule has 0 fully saturated rings. The third-order valence-corrected chi connectivity index (χ3v) is 4.05. The molecule has 0 bridgehead atoms. The van der Waals surface area contributed by atoms with Crippen LogP contribution in [0.25, 0.3) is 10.8 Å². The van der Waals surface area contributed by atoms with Crippen molar-refractivity contribution in [2.24, 2.45) is 0 Å². The molecule has 0 atom stereocenters. The van der Waals surface area contributed by atoms with Crippen LogP contribution in [0.5, 0.6) is 5.75 Å². The highest BCUT2D eigenvalue weighted by Crippen LogP contribution is 2.29. The lowest BCUT2D eigenvalue weighted by atomic mass is 9.99. The van der Waals surface area contributed by atoms with Crippen LogP contribution in [0, 0.1) is 20.8 Å². The van der Waals surface area contributed by atoms with Crippen LogP contribution in [0.15, 0.2) is 42.7 Å². The lowest BCUT2D eigenvalue weighted by molar-refractivity contribution is 0.478. The van der Waals surface area contributed by atoms with Gasteiger partial charge < -0.3 is 10.4 Å². The molecule has 1 aromatic heterocycles. The second kappa shape index (κ2) is 5.68. The lowest BCUT2D eigenvalue weighted by Crippen LogP contribution is -2.04. The largest absolute Gasteiger partial charge is 0.506 e. The van der Waals surface area contributed by atoms with Crippen molar-refractivity contribution >= 4 is 16.5 Å². The van der Waals surface area contributed by atoms with E-state index in [1.807, 2.05) is 12.1 Å². The van der Waals surface area contributed by atoms with Crippen molar-refractivity contribution < 1.29 is 5.11 Å². The van der Waals surface area contributed by atoms with Gasteiger partial charge in [-0.1, -0.05) is 17.7 Å². The number of aromatic nitrogens is 1. The first-order chi connectivity index (χ1) is 10.5. The van der Waals surface area contributed by atoms with E-state index in [0.29, 0.717) is 6.54 Å². The van der Waals surface area contributed by atoms with E-state index in [0.717, 1.165) is 16.5 Å². The summed E-state index contributed by atoms with van der Waals surface area (Å²) >= 11 is 0. The van der Waals surface area contributed by atoms with Gasteiger partial charge in [-0.3, -0.25) is 4.98 Å². The number of nitrogens with one attached hydrogen (secondary N) is 1. The van der Waals surface area contributed by atoms with Crippen LogP contribution in [0.4, 0.5) is 5.69 Å². The Balaban J connectivity index is 1.90. The third-order valence-electron chi connectivity index (χ3n) is 4.05. The summed E-state index contributed by atoms with van der Waals surface area (Å²) in [6.07, 6.45) is 3.52. The molecule has 0 amide bonds. The van der Waals surface area contributed by atoms with E-state index in [4.69, 9.17) is 0 Å². The van der Waals surface area contributed by atoms with Gasteiger partial charge in [0.1, 0.15) is 5.75 Å². The number of aryl methyl sites for hydroxylation is 3.